The number of hydrogen-bond donors (Lipinski definition) is 3. The molecule has 7 nitrogen and oxygen atoms in total. The SMILES string of the molecule is NCC1(C(=O)N2CCC3(C2)NC(=O)NC3=O)CCC1. The topological polar surface area (TPSA) is 105 Å². The average molecular weight is 266 g/mol. The molecule has 0 aromatic heterocycles. The summed E-state index contributed by atoms with van der Waals surface area (Å²) in [5.74, 6) is -0.296. The lowest BCUT2D eigenvalue weighted by atomic mass is 9.68. The molecule has 104 valence electrons. The zero-order valence-electron chi connectivity index (χ0n) is 10.7. The van der Waals surface area contributed by atoms with Gasteiger partial charge in [0, 0.05) is 13.1 Å². The maximum Gasteiger partial charge on any atom is 0.322 e. The molecule has 0 aromatic rings. The van der Waals surface area contributed by atoms with Crippen LogP contribution in [-0.4, -0.2) is 47.9 Å². The van der Waals surface area contributed by atoms with E-state index in [0.717, 1.165) is 19.3 Å². The zero-order chi connectivity index (χ0) is 13.7. The van der Waals surface area contributed by atoms with Crippen LogP contribution in [0.4, 0.5) is 4.79 Å². The Bertz CT molecular complexity index is 454. The van der Waals surface area contributed by atoms with Crippen LogP contribution in [0.3, 0.4) is 0 Å². The minimum atomic E-state index is -0.924. The molecule has 19 heavy (non-hydrogen) atoms. The summed E-state index contributed by atoms with van der Waals surface area (Å²) < 4.78 is 0. The van der Waals surface area contributed by atoms with Gasteiger partial charge in [0.15, 0.2) is 0 Å². The van der Waals surface area contributed by atoms with Crippen LogP contribution in [0.5, 0.6) is 0 Å². The van der Waals surface area contributed by atoms with Crippen LogP contribution >= 0.6 is 0 Å². The van der Waals surface area contributed by atoms with Gasteiger partial charge in [0.05, 0.1) is 12.0 Å². The second kappa shape index (κ2) is 3.93. The predicted octanol–water partition coefficient (Wildman–Crippen LogP) is -1.07. The van der Waals surface area contributed by atoms with E-state index in [2.05, 4.69) is 10.6 Å². The van der Waals surface area contributed by atoms with Crippen molar-refractivity contribution in [2.24, 2.45) is 11.1 Å². The lowest BCUT2D eigenvalue weighted by Gasteiger charge is -2.42. The Morgan fingerprint density at radius 2 is 2.05 bits per heavy atom. The fraction of sp³-hybridized carbons (Fsp3) is 0.750. The summed E-state index contributed by atoms with van der Waals surface area (Å²) in [7, 11) is 0. The number of carbonyl (C=O) groups is 3. The molecular formula is C12H18N4O3. The van der Waals surface area contributed by atoms with Crippen molar-refractivity contribution in [3.05, 3.63) is 0 Å². The first kappa shape index (κ1) is 12.4. The van der Waals surface area contributed by atoms with Gasteiger partial charge in [-0.3, -0.25) is 14.9 Å². The molecule has 4 N–H and O–H groups in total. The van der Waals surface area contributed by atoms with Crippen LogP contribution in [0.25, 0.3) is 0 Å². The molecule has 1 atom stereocenters. The summed E-state index contributed by atoms with van der Waals surface area (Å²) in [5.41, 5.74) is 4.38. The molecule has 1 unspecified atom stereocenters. The van der Waals surface area contributed by atoms with E-state index in [1.165, 1.54) is 0 Å². The van der Waals surface area contributed by atoms with Crippen molar-refractivity contribution in [1.29, 1.82) is 0 Å². The van der Waals surface area contributed by atoms with Crippen molar-refractivity contribution < 1.29 is 14.4 Å². The molecule has 0 aromatic carbocycles. The van der Waals surface area contributed by atoms with E-state index < -0.39 is 17.0 Å². The molecule has 1 aliphatic carbocycles. The number of imide groups is 1. The third-order valence-corrected chi connectivity index (χ3v) is 4.73. The number of rotatable bonds is 2. The van der Waals surface area contributed by atoms with E-state index >= 15 is 0 Å². The first-order chi connectivity index (χ1) is 9.01. The Morgan fingerprint density at radius 3 is 2.53 bits per heavy atom. The largest absolute Gasteiger partial charge is 0.339 e. The number of nitrogens with zero attached hydrogens (tertiary/aromatic N) is 1. The number of carbonyl (C=O) groups excluding carboxylic acids is 3. The molecule has 0 radical (unpaired) electrons. The molecule has 0 bridgehead atoms. The highest BCUT2D eigenvalue weighted by Crippen LogP contribution is 2.42. The smallest absolute Gasteiger partial charge is 0.322 e. The van der Waals surface area contributed by atoms with Gasteiger partial charge in [0.25, 0.3) is 5.91 Å². The Morgan fingerprint density at radius 1 is 1.32 bits per heavy atom. The normalized spacial score (nSPS) is 32.2. The average Bonchev–Trinajstić information content (AvgIpc) is 2.84. The Kier molecular flexibility index (Phi) is 2.57. The van der Waals surface area contributed by atoms with E-state index in [-0.39, 0.29) is 18.4 Å². The maximum atomic E-state index is 12.5. The van der Waals surface area contributed by atoms with Crippen LogP contribution in [0.2, 0.25) is 0 Å². The molecule has 1 spiro atoms. The summed E-state index contributed by atoms with van der Waals surface area (Å²) in [5, 5.41) is 4.88. The summed E-state index contributed by atoms with van der Waals surface area (Å²) in [6, 6.07) is -0.475. The number of amides is 4. The van der Waals surface area contributed by atoms with Gasteiger partial charge >= 0.3 is 6.03 Å². The first-order valence-electron chi connectivity index (χ1n) is 6.64. The van der Waals surface area contributed by atoms with Crippen LogP contribution in [-0.2, 0) is 9.59 Å². The first-order valence-corrected chi connectivity index (χ1v) is 6.64. The molecule has 1 saturated carbocycles. The highest BCUT2D eigenvalue weighted by Gasteiger charge is 2.54. The Labute approximate surface area is 110 Å². The molecule has 2 saturated heterocycles. The fourth-order valence-electron chi connectivity index (χ4n) is 3.24. The van der Waals surface area contributed by atoms with Crippen LogP contribution in [0.1, 0.15) is 25.7 Å². The molecule has 2 heterocycles. The number of hydrogen-bond acceptors (Lipinski definition) is 4. The van der Waals surface area contributed by atoms with Gasteiger partial charge in [-0.05, 0) is 19.3 Å². The summed E-state index contributed by atoms with van der Waals surface area (Å²) >= 11 is 0. The maximum absolute atomic E-state index is 12.5. The van der Waals surface area contributed by atoms with Gasteiger partial charge < -0.3 is 16.0 Å². The molecule has 7 heteroatoms. The number of nitrogens with one attached hydrogen (secondary N) is 2. The van der Waals surface area contributed by atoms with Gasteiger partial charge in [0.1, 0.15) is 5.54 Å². The van der Waals surface area contributed by atoms with E-state index in [9.17, 15) is 14.4 Å². The minimum absolute atomic E-state index is 0.0343. The standard InChI is InChI=1S/C12H18N4O3/c13-6-11(2-1-3-11)9(18)16-5-4-12(7-16)8(17)14-10(19)15-12/h1-7,13H2,(H2,14,15,17,19). The number of nitrogens with two attached hydrogens (primary N) is 1. The van der Waals surface area contributed by atoms with Crippen molar-refractivity contribution in [2.45, 2.75) is 31.2 Å². The van der Waals surface area contributed by atoms with Crippen LogP contribution in [0, 0.1) is 5.41 Å². The fourth-order valence-corrected chi connectivity index (χ4v) is 3.24. The second-order valence-electron chi connectivity index (χ2n) is 5.81. The third-order valence-electron chi connectivity index (χ3n) is 4.73. The van der Waals surface area contributed by atoms with Gasteiger partial charge in [-0.1, -0.05) is 6.42 Å². The van der Waals surface area contributed by atoms with Crippen molar-refractivity contribution in [1.82, 2.24) is 15.5 Å². The van der Waals surface area contributed by atoms with Crippen molar-refractivity contribution in [2.75, 3.05) is 19.6 Å². The highest BCUT2D eigenvalue weighted by atomic mass is 16.2. The van der Waals surface area contributed by atoms with Gasteiger partial charge in [-0.25, -0.2) is 4.79 Å². The molecule has 3 rings (SSSR count). The Hall–Kier alpha value is -1.63. The van der Waals surface area contributed by atoms with E-state index in [1.54, 1.807) is 4.90 Å². The van der Waals surface area contributed by atoms with Crippen LogP contribution in [0.15, 0.2) is 0 Å². The summed E-state index contributed by atoms with van der Waals surface area (Å²) in [4.78, 5) is 37.3. The highest BCUT2D eigenvalue weighted by molar-refractivity contribution is 6.07. The van der Waals surface area contributed by atoms with Gasteiger partial charge in [0.2, 0.25) is 5.91 Å². The summed E-state index contributed by atoms with van der Waals surface area (Å²) in [6.45, 7) is 1.10. The molecule has 2 aliphatic heterocycles. The lowest BCUT2D eigenvalue weighted by Crippen LogP contribution is -2.54. The van der Waals surface area contributed by atoms with E-state index in [1.807, 2.05) is 0 Å². The van der Waals surface area contributed by atoms with Gasteiger partial charge in [-0.15, -0.1) is 0 Å². The van der Waals surface area contributed by atoms with Gasteiger partial charge in [-0.2, -0.15) is 0 Å². The third kappa shape index (κ3) is 1.64. The van der Waals surface area contributed by atoms with E-state index in [0.29, 0.717) is 19.5 Å². The monoisotopic (exact) mass is 266 g/mol. The molecule has 4 amide bonds. The number of likely N-dealkylation sites (tertiary alicyclic amines) is 1. The molecule has 3 fully saturated rings. The van der Waals surface area contributed by atoms with Crippen molar-refractivity contribution in [3.63, 3.8) is 0 Å². The van der Waals surface area contributed by atoms with E-state index in [4.69, 9.17) is 5.73 Å². The lowest BCUT2D eigenvalue weighted by molar-refractivity contribution is -0.145. The molecular weight excluding hydrogens is 248 g/mol. The molecule has 3 aliphatic rings. The Balaban J connectivity index is 1.74. The van der Waals surface area contributed by atoms with Crippen molar-refractivity contribution >= 4 is 17.8 Å². The minimum Gasteiger partial charge on any atom is -0.339 e. The second-order valence-corrected chi connectivity index (χ2v) is 5.81. The predicted molar refractivity (Wildman–Crippen MR) is 65.9 cm³/mol. The zero-order valence-corrected chi connectivity index (χ0v) is 10.7. The summed E-state index contributed by atoms with van der Waals surface area (Å²) in [6.07, 6.45) is 3.14. The quantitative estimate of drug-likeness (QED) is 0.553. The van der Waals surface area contributed by atoms with Crippen LogP contribution < -0.4 is 16.4 Å². The number of urea groups is 1. The van der Waals surface area contributed by atoms with Crippen molar-refractivity contribution in [3.8, 4) is 0 Å².